The minimum Gasteiger partial charge on any atom is -0.455 e. The molecule has 0 N–H and O–H groups in total. The first kappa shape index (κ1) is 31.2. The molecule has 2 heteroatoms. The summed E-state index contributed by atoms with van der Waals surface area (Å²) >= 11 is 0. The third kappa shape index (κ3) is 5.71. The molecule has 0 unspecified atom stereocenters. The maximum absolute atomic E-state index is 6.79. The lowest BCUT2D eigenvalue weighted by atomic mass is 9.90. The van der Waals surface area contributed by atoms with E-state index in [4.69, 9.17) is 9.41 Å². The highest BCUT2D eigenvalue weighted by Crippen LogP contribution is 2.41. The molecule has 0 atom stereocenters. The van der Waals surface area contributed by atoms with Gasteiger partial charge in [-0.15, -0.1) is 0 Å². The van der Waals surface area contributed by atoms with E-state index in [2.05, 4.69) is 159 Å². The highest BCUT2D eigenvalue weighted by molar-refractivity contribution is 6.19. The first-order valence-corrected chi connectivity index (χ1v) is 17.6. The number of allylic oxidation sites excluding steroid dienone is 2. The fraction of sp³-hybridized carbons (Fsp3) is 0.0200. The van der Waals surface area contributed by atoms with Crippen molar-refractivity contribution in [1.82, 2.24) is 0 Å². The van der Waals surface area contributed by atoms with Crippen LogP contribution in [0.1, 0.15) is 23.6 Å². The van der Waals surface area contributed by atoms with Crippen molar-refractivity contribution in [3.63, 3.8) is 0 Å². The summed E-state index contributed by atoms with van der Waals surface area (Å²) in [6.07, 6.45) is 2.08. The molecule has 0 spiro atoms. The summed E-state index contributed by atoms with van der Waals surface area (Å²) < 4.78 is 6.79. The van der Waals surface area contributed by atoms with E-state index >= 15 is 0 Å². The summed E-state index contributed by atoms with van der Waals surface area (Å²) in [6.45, 7) is 6.51. The van der Waals surface area contributed by atoms with Gasteiger partial charge >= 0.3 is 0 Å². The predicted molar refractivity (Wildman–Crippen MR) is 222 cm³/mol. The number of hydrogen-bond donors (Lipinski definition) is 0. The van der Waals surface area contributed by atoms with Gasteiger partial charge in [-0.3, -0.25) is 4.99 Å². The quantitative estimate of drug-likeness (QED) is 0.123. The Morgan fingerprint density at radius 1 is 0.519 bits per heavy atom. The van der Waals surface area contributed by atoms with E-state index in [1.807, 2.05) is 36.4 Å². The average molecular weight is 666 g/mol. The number of aliphatic imine (C=N–C) groups is 1. The zero-order valence-corrected chi connectivity index (χ0v) is 28.9. The van der Waals surface area contributed by atoms with Crippen molar-refractivity contribution in [3.8, 4) is 22.3 Å². The number of furan rings is 1. The van der Waals surface area contributed by atoms with Crippen molar-refractivity contribution in [3.05, 3.63) is 205 Å². The van der Waals surface area contributed by atoms with Crippen LogP contribution in [0.4, 0.5) is 0 Å². The zero-order valence-electron chi connectivity index (χ0n) is 28.9. The Morgan fingerprint density at radius 3 is 1.75 bits per heavy atom. The van der Waals surface area contributed by atoms with E-state index in [1.54, 1.807) is 0 Å². The van der Waals surface area contributed by atoms with Crippen LogP contribution < -0.4 is 0 Å². The summed E-state index contributed by atoms with van der Waals surface area (Å²) in [4.78, 5) is 5.37. The van der Waals surface area contributed by atoms with Crippen LogP contribution >= 0.6 is 0 Å². The summed E-state index contributed by atoms with van der Waals surface area (Å²) in [5.41, 5.74) is 12.0. The predicted octanol–water partition coefficient (Wildman–Crippen LogP) is 13.8. The molecule has 1 aromatic heterocycles. The number of fused-ring (bicyclic) bond motifs is 5. The van der Waals surface area contributed by atoms with Crippen molar-refractivity contribution >= 4 is 60.5 Å². The first-order chi connectivity index (χ1) is 25.6. The number of nitrogens with zero attached hydrogens (tertiary/aromatic N) is 1. The molecule has 52 heavy (non-hydrogen) atoms. The maximum atomic E-state index is 6.79. The lowest BCUT2D eigenvalue weighted by Crippen LogP contribution is -1.98. The molecule has 0 fully saturated rings. The molecule has 8 aromatic carbocycles. The Bertz CT molecular complexity index is 2840. The largest absolute Gasteiger partial charge is 0.455 e. The molecule has 0 aliphatic carbocycles. The number of hydrogen-bond acceptors (Lipinski definition) is 2. The smallest absolute Gasteiger partial charge is 0.144 e. The van der Waals surface area contributed by atoms with Gasteiger partial charge in [-0.2, -0.15) is 0 Å². The molecule has 0 radical (unpaired) electrons. The molecule has 0 aliphatic rings. The van der Waals surface area contributed by atoms with Crippen LogP contribution in [0.25, 0.3) is 77.0 Å². The molecule has 2 nitrogen and oxygen atoms in total. The molecular formula is C50H35NO. The van der Waals surface area contributed by atoms with E-state index in [0.29, 0.717) is 0 Å². The van der Waals surface area contributed by atoms with Crippen molar-refractivity contribution < 1.29 is 4.42 Å². The van der Waals surface area contributed by atoms with Gasteiger partial charge in [-0.05, 0) is 92.2 Å². The molecule has 0 saturated carbocycles. The maximum Gasteiger partial charge on any atom is 0.144 e. The van der Waals surface area contributed by atoms with Gasteiger partial charge in [0.25, 0.3) is 0 Å². The molecule has 9 aromatic rings. The van der Waals surface area contributed by atoms with Crippen LogP contribution in [0.15, 0.2) is 198 Å². The Kier molecular flexibility index (Phi) is 7.91. The van der Waals surface area contributed by atoms with Crippen molar-refractivity contribution in [1.29, 1.82) is 0 Å². The molecular weight excluding hydrogens is 631 g/mol. The fourth-order valence-electron chi connectivity index (χ4n) is 7.34. The molecule has 0 saturated heterocycles. The topological polar surface area (TPSA) is 25.5 Å². The van der Waals surface area contributed by atoms with Gasteiger partial charge in [-0.25, -0.2) is 0 Å². The van der Waals surface area contributed by atoms with Gasteiger partial charge < -0.3 is 4.42 Å². The van der Waals surface area contributed by atoms with Gasteiger partial charge in [-0.1, -0.05) is 158 Å². The van der Waals surface area contributed by atoms with Crippen molar-refractivity contribution in [2.45, 2.75) is 6.92 Å². The van der Waals surface area contributed by atoms with E-state index in [0.717, 1.165) is 72.1 Å². The highest BCUT2D eigenvalue weighted by Gasteiger charge is 2.19. The molecule has 0 amide bonds. The molecule has 0 bridgehead atoms. The Hall–Kier alpha value is -6.77. The monoisotopic (exact) mass is 665 g/mol. The zero-order chi connectivity index (χ0) is 35.0. The SMILES string of the molecule is C=C(/C=C(\N=C(C)c1cc(-c2ccc(-c3ccccc3)c3ccccc23)cc2c1oc1cc3ccccc3cc12)c1ccccc1)c1ccccc1. The average Bonchev–Trinajstić information content (AvgIpc) is 3.57. The van der Waals surface area contributed by atoms with E-state index < -0.39 is 0 Å². The Balaban J connectivity index is 1.29. The third-order valence-corrected chi connectivity index (χ3v) is 9.96. The Morgan fingerprint density at radius 2 is 1.08 bits per heavy atom. The van der Waals surface area contributed by atoms with Gasteiger partial charge in [0, 0.05) is 27.6 Å². The van der Waals surface area contributed by atoms with Gasteiger partial charge in [0.05, 0.1) is 5.70 Å². The van der Waals surface area contributed by atoms with Gasteiger partial charge in [0.15, 0.2) is 0 Å². The minimum atomic E-state index is 0.829. The second-order valence-electron chi connectivity index (χ2n) is 13.3. The third-order valence-electron chi connectivity index (χ3n) is 9.96. The van der Waals surface area contributed by atoms with Crippen LogP contribution in [-0.4, -0.2) is 5.71 Å². The second-order valence-corrected chi connectivity index (χ2v) is 13.3. The first-order valence-electron chi connectivity index (χ1n) is 17.6. The normalized spacial score (nSPS) is 12.2. The van der Waals surface area contributed by atoms with Crippen LogP contribution in [-0.2, 0) is 0 Å². The summed E-state index contributed by atoms with van der Waals surface area (Å²) in [6, 6.07) is 61.8. The van der Waals surface area contributed by atoms with Crippen LogP contribution in [0.3, 0.4) is 0 Å². The molecule has 9 rings (SSSR count). The van der Waals surface area contributed by atoms with Crippen LogP contribution in [0, 0.1) is 0 Å². The summed E-state index contributed by atoms with van der Waals surface area (Å²) in [5, 5.41) is 6.91. The number of rotatable bonds is 7. The van der Waals surface area contributed by atoms with Crippen LogP contribution in [0.2, 0.25) is 0 Å². The van der Waals surface area contributed by atoms with Crippen LogP contribution in [0.5, 0.6) is 0 Å². The highest BCUT2D eigenvalue weighted by atomic mass is 16.3. The standard InChI is InChI=1S/C50H35NO/c1-33(35-16-6-3-7-17-35)28-48(37-20-10-5-11-21-37)51-34(2)45-30-40(31-47-46-29-38-22-12-13-23-39(38)32-49(46)52-50(45)47)42-27-26-41(36-18-8-4-9-19-36)43-24-14-15-25-44(42)43/h3-32H,1H2,2H3/b48-28-,51-34?. The Labute approximate surface area is 303 Å². The summed E-state index contributed by atoms with van der Waals surface area (Å²) in [7, 11) is 0. The fourth-order valence-corrected chi connectivity index (χ4v) is 7.34. The van der Waals surface area contributed by atoms with Crippen molar-refractivity contribution in [2.75, 3.05) is 0 Å². The number of benzene rings is 8. The minimum absolute atomic E-state index is 0.829. The summed E-state index contributed by atoms with van der Waals surface area (Å²) in [5.74, 6) is 0. The second kappa shape index (κ2) is 13.2. The van der Waals surface area contributed by atoms with E-state index in [1.165, 1.54) is 27.3 Å². The lowest BCUT2D eigenvalue weighted by Gasteiger charge is -2.14. The van der Waals surface area contributed by atoms with Gasteiger partial charge in [0.2, 0.25) is 0 Å². The lowest BCUT2D eigenvalue weighted by molar-refractivity contribution is 0.668. The van der Waals surface area contributed by atoms with E-state index in [9.17, 15) is 0 Å². The van der Waals surface area contributed by atoms with E-state index in [-0.39, 0.29) is 0 Å². The molecule has 1 heterocycles. The molecule has 0 aliphatic heterocycles. The van der Waals surface area contributed by atoms with Crippen molar-refractivity contribution in [2.24, 2.45) is 4.99 Å². The van der Waals surface area contributed by atoms with Gasteiger partial charge in [0.1, 0.15) is 11.2 Å². The molecule has 246 valence electrons.